The molecule has 3 nitrogen and oxygen atoms in total. The molecule has 1 heterocycles. The van der Waals surface area contributed by atoms with E-state index >= 15 is 0 Å². The summed E-state index contributed by atoms with van der Waals surface area (Å²) in [7, 11) is 1.99. The van der Waals surface area contributed by atoms with Crippen LogP contribution < -0.4 is 5.32 Å². The quantitative estimate of drug-likeness (QED) is 0.790. The van der Waals surface area contributed by atoms with Crippen molar-refractivity contribution >= 4 is 0 Å². The highest BCUT2D eigenvalue weighted by Crippen LogP contribution is 2.26. The number of nitrogens with one attached hydrogen (secondary N) is 1. The molecule has 0 aliphatic heterocycles. The van der Waals surface area contributed by atoms with E-state index in [1.807, 2.05) is 17.9 Å². The molecule has 1 N–H and O–H groups in total. The molecule has 0 saturated heterocycles. The van der Waals surface area contributed by atoms with Crippen molar-refractivity contribution in [3.8, 4) is 0 Å². The molecule has 78 valence electrons. The summed E-state index contributed by atoms with van der Waals surface area (Å²) in [6, 6.07) is 0.740. The van der Waals surface area contributed by atoms with Gasteiger partial charge in [0.15, 0.2) is 0 Å². The average molecular weight is 193 g/mol. The molecule has 1 aromatic heterocycles. The average Bonchev–Trinajstić information content (AvgIpc) is 2.41. The highest BCUT2D eigenvalue weighted by atomic mass is 15.3. The first-order valence-corrected chi connectivity index (χ1v) is 5.37. The Bertz CT molecular complexity index is 310. The van der Waals surface area contributed by atoms with E-state index in [0.29, 0.717) is 0 Å². The van der Waals surface area contributed by atoms with Crippen LogP contribution in [0, 0.1) is 12.8 Å². The van der Waals surface area contributed by atoms with Crippen molar-refractivity contribution in [2.75, 3.05) is 0 Å². The molecule has 1 aromatic rings. The normalized spacial score (nSPS) is 26.2. The van der Waals surface area contributed by atoms with Gasteiger partial charge in [0.25, 0.3) is 0 Å². The van der Waals surface area contributed by atoms with E-state index < -0.39 is 0 Å². The summed E-state index contributed by atoms with van der Waals surface area (Å²) in [5.41, 5.74) is 2.59. The van der Waals surface area contributed by atoms with Crippen LogP contribution in [0.15, 0.2) is 6.20 Å². The summed E-state index contributed by atoms with van der Waals surface area (Å²) in [4.78, 5) is 0. The maximum atomic E-state index is 4.23. The minimum Gasteiger partial charge on any atom is -0.310 e. The predicted molar refractivity (Wildman–Crippen MR) is 57.0 cm³/mol. The second kappa shape index (κ2) is 3.73. The molecule has 0 bridgehead atoms. The Balaban J connectivity index is 1.83. The summed E-state index contributed by atoms with van der Waals surface area (Å²) >= 11 is 0. The fourth-order valence-electron chi connectivity index (χ4n) is 2.04. The highest BCUT2D eigenvalue weighted by Gasteiger charge is 2.24. The molecule has 1 aliphatic rings. The zero-order valence-corrected chi connectivity index (χ0v) is 9.25. The number of hydrogen-bond acceptors (Lipinski definition) is 2. The first-order chi connectivity index (χ1) is 6.66. The van der Waals surface area contributed by atoms with Gasteiger partial charge in [-0.1, -0.05) is 6.92 Å². The van der Waals surface area contributed by atoms with Gasteiger partial charge in [-0.15, -0.1) is 0 Å². The Hall–Kier alpha value is -0.830. The van der Waals surface area contributed by atoms with Crippen LogP contribution in [0.1, 0.15) is 31.0 Å². The lowest BCUT2D eigenvalue weighted by Gasteiger charge is -2.33. The Morgan fingerprint density at radius 2 is 2.29 bits per heavy atom. The zero-order valence-electron chi connectivity index (χ0n) is 9.25. The predicted octanol–water partition coefficient (Wildman–Crippen LogP) is 1.62. The number of hydrogen-bond donors (Lipinski definition) is 1. The van der Waals surface area contributed by atoms with Crippen LogP contribution in [0.3, 0.4) is 0 Å². The van der Waals surface area contributed by atoms with Gasteiger partial charge >= 0.3 is 0 Å². The van der Waals surface area contributed by atoms with E-state index in [9.17, 15) is 0 Å². The van der Waals surface area contributed by atoms with Crippen molar-refractivity contribution in [1.29, 1.82) is 0 Å². The van der Waals surface area contributed by atoms with E-state index in [-0.39, 0.29) is 0 Å². The molecule has 0 aromatic carbocycles. The van der Waals surface area contributed by atoms with E-state index in [2.05, 4.69) is 24.3 Å². The largest absolute Gasteiger partial charge is 0.310 e. The maximum Gasteiger partial charge on any atom is 0.0537 e. The van der Waals surface area contributed by atoms with Gasteiger partial charge in [-0.05, 0) is 25.7 Å². The number of aryl methyl sites for hydroxylation is 1. The van der Waals surface area contributed by atoms with Gasteiger partial charge in [0.1, 0.15) is 0 Å². The molecular formula is C11H19N3. The Kier molecular flexibility index (Phi) is 2.59. The van der Waals surface area contributed by atoms with Gasteiger partial charge in [-0.3, -0.25) is 4.68 Å². The molecule has 0 radical (unpaired) electrons. The number of nitrogens with zero attached hydrogens (tertiary/aromatic N) is 2. The molecule has 1 aliphatic carbocycles. The first kappa shape index (κ1) is 9.71. The summed E-state index contributed by atoms with van der Waals surface area (Å²) in [5, 5.41) is 7.80. The first-order valence-electron chi connectivity index (χ1n) is 5.37. The zero-order chi connectivity index (χ0) is 10.1. The second-order valence-corrected chi connectivity index (χ2v) is 4.53. The monoisotopic (exact) mass is 193 g/mol. The number of rotatable bonds is 3. The fraction of sp³-hybridized carbons (Fsp3) is 0.727. The van der Waals surface area contributed by atoms with Gasteiger partial charge in [-0.25, -0.2) is 0 Å². The molecule has 0 unspecified atom stereocenters. The van der Waals surface area contributed by atoms with Gasteiger partial charge in [0.05, 0.1) is 6.20 Å². The molecule has 14 heavy (non-hydrogen) atoms. The van der Waals surface area contributed by atoms with Crippen molar-refractivity contribution in [1.82, 2.24) is 15.1 Å². The van der Waals surface area contributed by atoms with Crippen molar-refractivity contribution in [2.24, 2.45) is 13.0 Å². The minimum atomic E-state index is 0.740. The third-order valence-electron chi connectivity index (χ3n) is 3.29. The molecular weight excluding hydrogens is 174 g/mol. The topological polar surface area (TPSA) is 29.9 Å². The number of aromatic nitrogens is 2. The third kappa shape index (κ3) is 1.82. The van der Waals surface area contributed by atoms with Crippen molar-refractivity contribution in [3.05, 3.63) is 17.5 Å². The van der Waals surface area contributed by atoms with Gasteiger partial charge in [-0.2, -0.15) is 5.10 Å². The third-order valence-corrected chi connectivity index (χ3v) is 3.29. The van der Waals surface area contributed by atoms with Crippen molar-refractivity contribution in [3.63, 3.8) is 0 Å². The Morgan fingerprint density at radius 1 is 1.57 bits per heavy atom. The summed E-state index contributed by atoms with van der Waals surface area (Å²) in [6.45, 7) is 5.40. The van der Waals surface area contributed by atoms with Crippen molar-refractivity contribution in [2.45, 2.75) is 39.3 Å². The molecule has 0 atom stereocenters. The van der Waals surface area contributed by atoms with Crippen LogP contribution in [0.5, 0.6) is 0 Å². The molecule has 2 rings (SSSR count). The molecule has 3 heteroatoms. The molecule has 1 fully saturated rings. The smallest absolute Gasteiger partial charge is 0.0537 e. The lowest BCUT2D eigenvalue weighted by atomic mass is 9.82. The second-order valence-electron chi connectivity index (χ2n) is 4.53. The van der Waals surface area contributed by atoms with E-state index in [1.165, 1.54) is 24.1 Å². The summed E-state index contributed by atoms with van der Waals surface area (Å²) < 4.78 is 1.93. The van der Waals surface area contributed by atoms with E-state index in [0.717, 1.165) is 18.5 Å². The van der Waals surface area contributed by atoms with E-state index in [4.69, 9.17) is 0 Å². The standard InChI is InChI=1S/C11H19N3/c1-8-4-11(5-8)12-6-10-7-13-14(3)9(10)2/h7-8,11-12H,4-6H2,1-3H3. The SMILES string of the molecule is Cc1c(CNC2CC(C)C2)cnn1C. The fourth-order valence-corrected chi connectivity index (χ4v) is 2.04. The van der Waals surface area contributed by atoms with Crippen LogP contribution >= 0.6 is 0 Å². The van der Waals surface area contributed by atoms with E-state index in [1.54, 1.807) is 0 Å². The Morgan fingerprint density at radius 3 is 2.79 bits per heavy atom. The summed E-state index contributed by atoms with van der Waals surface area (Å²) in [5.74, 6) is 0.919. The lowest BCUT2D eigenvalue weighted by Crippen LogP contribution is -2.39. The Labute approximate surface area is 85.5 Å². The van der Waals surface area contributed by atoms with Gasteiger partial charge in [0, 0.05) is 30.9 Å². The molecule has 1 saturated carbocycles. The van der Waals surface area contributed by atoms with Crippen LogP contribution in [-0.2, 0) is 13.6 Å². The van der Waals surface area contributed by atoms with Gasteiger partial charge < -0.3 is 5.32 Å². The van der Waals surface area contributed by atoms with Gasteiger partial charge in [0.2, 0.25) is 0 Å². The van der Waals surface area contributed by atoms with Crippen LogP contribution in [-0.4, -0.2) is 15.8 Å². The molecule has 0 amide bonds. The minimum absolute atomic E-state index is 0.740. The summed E-state index contributed by atoms with van der Waals surface area (Å²) in [6.07, 6.45) is 4.63. The highest BCUT2D eigenvalue weighted by molar-refractivity contribution is 5.15. The lowest BCUT2D eigenvalue weighted by molar-refractivity contribution is 0.240. The van der Waals surface area contributed by atoms with Crippen LogP contribution in [0.4, 0.5) is 0 Å². The van der Waals surface area contributed by atoms with Crippen LogP contribution in [0.25, 0.3) is 0 Å². The molecule has 0 spiro atoms. The van der Waals surface area contributed by atoms with Crippen molar-refractivity contribution < 1.29 is 0 Å². The maximum absolute atomic E-state index is 4.23. The van der Waals surface area contributed by atoms with Crippen LogP contribution in [0.2, 0.25) is 0 Å².